The largest absolute Gasteiger partial charge is 0.349 e. The van der Waals surface area contributed by atoms with Crippen molar-refractivity contribution in [1.82, 2.24) is 5.32 Å². The van der Waals surface area contributed by atoms with Crippen molar-refractivity contribution >= 4 is 29.1 Å². The van der Waals surface area contributed by atoms with Gasteiger partial charge in [0.05, 0.1) is 17.0 Å². The van der Waals surface area contributed by atoms with Crippen LogP contribution < -0.4 is 10.6 Å². The first-order valence-corrected chi connectivity index (χ1v) is 9.85. The molecule has 2 amide bonds. The van der Waals surface area contributed by atoms with E-state index >= 15 is 0 Å². The molecular weight excluding hydrogens is 360 g/mol. The van der Waals surface area contributed by atoms with Crippen molar-refractivity contribution in [3.05, 3.63) is 64.2 Å². The first-order valence-electron chi connectivity index (χ1n) is 9.47. The number of hydrogen-bond donors (Lipinski definition) is 2. The molecule has 1 aliphatic rings. The Morgan fingerprint density at radius 2 is 1.74 bits per heavy atom. The van der Waals surface area contributed by atoms with E-state index in [0.717, 1.165) is 36.8 Å². The molecule has 0 spiro atoms. The summed E-state index contributed by atoms with van der Waals surface area (Å²) in [5, 5.41) is 6.31. The van der Waals surface area contributed by atoms with E-state index in [0.29, 0.717) is 16.3 Å². The van der Waals surface area contributed by atoms with Gasteiger partial charge in [-0.15, -0.1) is 0 Å². The third-order valence-electron chi connectivity index (χ3n) is 4.92. The number of carbonyl (C=O) groups excluding carboxylic acids is 2. The second-order valence-electron chi connectivity index (χ2n) is 7.21. The Balaban J connectivity index is 1.64. The highest BCUT2D eigenvalue weighted by Gasteiger charge is 2.19. The van der Waals surface area contributed by atoms with Crippen molar-refractivity contribution in [2.75, 3.05) is 5.32 Å². The van der Waals surface area contributed by atoms with Crippen LogP contribution in [-0.4, -0.2) is 17.9 Å². The molecule has 0 heterocycles. The number of aryl methyl sites for hydroxylation is 1. The summed E-state index contributed by atoms with van der Waals surface area (Å²) < 4.78 is 0. The van der Waals surface area contributed by atoms with Crippen LogP contribution in [0.3, 0.4) is 0 Å². The molecule has 4 nitrogen and oxygen atoms in total. The monoisotopic (exact) mass is 384 g/mol. The van der Waals surface area contributed by atoms with E-state index in [9.17, 15) is 9.59 Å². The van der Waals surface area contributed by atoms with E-state index in [1.54, 1.807) is 18.2 Å². The minimum Gasteiger partial charge on any atom is -0.349 e. The number of carbonyl (C=O) groups is 2. The fraction of sp³-hybridized carbons (Fsp3) is 0.364. The maximum atomic E-state index is 12.6. The van der Waals surface area contributed by atoms with E-state index in [2.05, 4.69) is 10.6 Å². The van der Waals surface area contributed by atoms with Gasteiger partial charge in [0.2, 0.25) is 5.91 Å². The molecule has 27 heavy (non-hydrogen) atoms. The van der Waals surface area contributed by atoms with Crippen molar-refractivity contribution < 1.29 is 9.59 Å². The predicted molar refractivity (Wildman–Crippen MR) is 109 cm³/mol. The lowest BCUT2D eigenvalue weighted by atomic mass is 9.95. The molecule has 1 fully saturated rings. The zero-order valence-electron chi connectivity index (χ0n) is 15.6. The highest BCUT2D eigenvalue weighted by Crippen LogP contribution is 2.23. The van der Waals surface area contributed by atoms with Crippen LogP contribution in [0.4, 0.5) is 5.69 Å². The summed E-state index contributed by atoms with van der Waals surface area (Å²) in [6.45, 7) is 2.01. The summed E-state index contributed by atoms with van der Waals surface area (Å²) in [5.41, 5.74) is 3.08. The van der Waals surface area contributed by atoms with E-state index < -0.39 is 0 Å². The molecule has 2 N–H and O–H groups in total. The number of amides is 2. The molecule has 2 aromatic carbocycles. The highest BCUT2D eigenvalue weighted by molar-refractivity contribution is 6.34. The molecule has 142 valence electrons. The number of nitrogens with one attached hydrogen (secondary N) is 2. The summed E-state index contributed by atoms with van der Waals surface area (Å²) in [7, 11) is 0. The number of rotatable bonds is 5. The molecule has 3 rings (SSSR count). The van der Waals surface area contributed by atoms with Crippen LogP contribution in [0.5, 0.6) is 0 Å². The van der Waals surface area contributed by atoms with Crippen molar-refractivity contribution in [3.63, 3.8) is 0 Å². The van der Waals surface area contributed by atoms with Crippen molar-refractivity contribution in [1.29, 1.82) is 0 Å². The smallest absolute Gasteiger partial charge is 0.253 e. The van der Waals surface area contributed by atoms with Gasteiger partial charge in [0.1, 0.15) is 0 Å². The molecule has 1 aliphatic carbocycles. The molecule has 0 bridgehead atoms. The maximum absolute atomic E-state index is 12.6. The standard InChI is InChI=1S/C22H25ClN2O2/c1-15-7-9-16(10-8-15)13-21(26)24-18-11-12-20(23)19(14-18)22(27)25-17-5-3-2-4-6-17/h7-12,14,17H,2-6,13H2,1H3,(H,24,26)(H,25,27). The summed E-state index contributed by atoms with van der Waals surface area (Å²) in [6.07, 6.45) is 5.83. The lowest BCUT2D eigenvalue weighted by Gasteiger charge is -2.23. The third-order valence-corrected chi connectivity index (χ3v) is 5.25. The maximum Gasteiger partial charge on any atom is 0.253 e. The zero-order chi connectivity index (χ0) is 19.2. The molecule has 0 aromatic heterocycles. The first kappa shape index (κ1) is 19.4. The quantitative estimate of drug-likeness (QED) is 0.770. The van der Waals surface area contributed by atoms with Crippen LogP contribution in [0.15, 0.2) is 42.5 Å². The second-order valence-corrected chi connectivity index (χ2v) is 7.62. The van der Waals surface area contributed by atoms with Crippen LogP contribution >= 0.6 is 11.6 Å². The second kappa shape index (κ2) is 9.05. The molecule has 0 atom stereocenters. The summed E-state index contributed by atoms with van der Waals surface area (Å²) in [5.74, 6) is -0.304. The van der Waals surface area contributed by atoms with Crippen molar-refractivity contribution in [2.24, 2.45) is 0 Å². The fourth-order valence-electron chi connectivity index (χ4n) is 3.38. The van der Waals surface area contributed by atoms with Gasteiger partial charge in [-0.3, -0.25) is 9.59 Å². The molecule has 2 aromatic rings. The van der Waals surface area contributed by atoms with Crippen LogP contribution in [0.25, 0.3) is 0 Å². The highest BCUT2D eigenvalue weighted by atomic mass is 35.5. The van der Waals surface area contributed by atoms with E-state index in [1.807, 2.05) is 31.2 Å². The van der Waals surface area contributed by atoms with E-state index in [1.165, 1.54) is 6.42 Å². The molecule has 5 heteroatoms. The van der Waals surface area contributed by atoms with Gasteiger partial charge in [-0.2, -0.15) is 0 Å². The Hall–Kier alpha value is -2.33. The molecule has 0 radical (unpaired) electrons. The first-order chi connectivity index (χ1) is 13.0. The predicted octanol–water partition coefficient (Wildman–Crippen LogP) is 4.89. The average molecular weight is 385 g/mol. The topological polar surface area (TPSA) is 58.2 Å². The third kappa shape index (κ3) is 5.57. The van der Waals surface area contributed by atoms with Gasteiger partial charge in [0.15, 0.2) is 0 Å². The van der Waals surface area contributed by atoms with Gasteiger partial charge >= 0.3 is 0 Å². The number of anilines is 1. The Bertz CT molecular complexity index is 812. The SMILES string of the molecule is Cc1ccc(CC(=O)Nc2ccc(Cl)c(C(=O)NC3CCCCC3)c2)cc1. The number of hydrogen-bond acceptors (Lipinski definition) is 2. The van der Waals surface area contributed by atoms with Gasteiger partial charge in [0, 0.05) is 11.7 Å². The van der Waals surface area contributed by atoms with Crippen LogP contribution in [0.1, 0.15) is 53.6 Å². The summed E-state index contributed by atoms with van der Waals surface area (Å²) in [4.78, 5) is 24.9. The molecule has 0 saturated heterocycles. The van der Waals surface area contributed by atoms with Gasteiger partial charge in [-0.05, 0) is 43.5 Å². The normalized spacial score (nSPS) is 14.6. The van der Waals surface area contributed by atoms with Gasteiger partial charge < -0.3 is 10.6 Å². The zero-order valence-corrected chi connectivity index (χ0v) is 16.3. The Morgan fingerprint density at radius 3 is 2.44 bits per heavy atom. The summed E-state index contributed by atoms with van der Waals surface area (Å²) in [6, 6.07) is 13.1. The Labute approximate surface area is 165 Å². The molecule has 0 aliphatic heterocycles. The minimum atomic E-state index is -0.179. The van der Waals surface area contributed by atoms with Crippen molar-refractivity contribution in [3.8, 4) is 0 Å². The van der Waals surface area contributed by atoms with E-state index in [4.69, 9.17) is 11.6 Å². The Kier molecular flexibility index (Phi) is 6.51. The molecule has 0 unspecified atom stereocenters. The van der Waals surface area contributed by atoms with Gasteiger partial charge in [0.25, 0.3) is 5.91 Å². The van der Waals surface area contributed by atoms with Gasteiger partial charge in [-0.1, -0.05) is 60.7 Å². The number of benzene rings is 2. The number of halogens is 1. The lowest BCUT2D eigenvalue weighted by molar-refractivity contribution is -0.115. The van der Waals surface area contributed by atoms with Crippen LogP contribution in [-0.2, 0) is 11.2 Å². The molecular formula is C22H25ClN2O2. The van der Waals surface area contributed by atoms with Gasteiger partial charge in [-0.25, -0.2) is 0 Å². The van der Waals surface area contributed by atoms with E-state index in [-0.39, 0.29) is 24.3 Å². The molecule has 1 saturated carbocycles. The average Bonchev–Trinajstić information content (AvgIpc) is 2.66. The van der Waals surface area contributed by atoms with Crippen molar-refractivity contribution in [2.45, 2.75) is 51.5 Å². The fourth-order valence-corrected chi connectivity index (χ4v) is 3.59. The lowest BCUT2D eigenvalue weighted by Crippen LogP contribution is -2.36. The van der Waals surface area contributed by atoms with Crippen LogP contribution in [0, 0.1) is 6.92 Å². The Morgan fingerprint density at radius 1 is 1.04 bits per heavy atom. The summed E-state index contributed by atoms with van der Waals surface area (Å²) >= 11 is 6.22. The van der Waals surface area contributed by atoms with Crippen LogP contribution in [0.2, 0.25) is 5.02 Å². The minimum absolute atomic E-state index is 0.125.